The van der Waals surface area contributed by atoms with E-state index in [2.05, 4.69) is 10.6 Å². The van der Waals surface area contributed by atoms with Gasteiger partial charge in [0, 0.05) is 23.9 Å². The Balaban J connectivity index is 1.67. The summed E-state index contributed by atoms with van der Waals surface area (Å²) in [4.78, 5) is 23.5. The van der Waals surface area contributed by atoms with Crippen LogP contribution >= 0.6 is 0 Å². The minimum atomic E-state index is -0.0851. The summed E-state index contributed by atoms with van der Waals surface area (Å²) in [5, 5.41) is 5.70. The van der Waals surface area contributed by atoms with E-state index in [1.54, 1.807) is 13.2 Å². The van der Waals surface area contributed by atoms with Gasteiger partial charge >= 0.3 is 0 Å². The zero-order valence-electron chi connectivity index (χ0n) is 12.9. The molecule has 0 aliphatic carbocycles. The SMILES string of the molecule is COc1cccc(NC(=O)Cc2ccc3c(c2)CCC(=O)N3)c1. The molecular formula is C18H18N2O3. The van der Waals surface area contributed by atoms with Gasteiger partial charge in [-0.05, 0) is 35.7 Å². The monoisotopic (exact) mass is 310 g/mol. The highest BCUT2D eigenvalue weighted by molar-refractivity contribution is 5.95. The van der Waals surface area contributed by atoms with Crippen LogP contribution in [0, 0.1) is 0 Å². The summed E-state index contributed by atoms with van der Waals surface area (Å²) in [6.07, 6.45) is 1.50. The van der Waals surface area contributed by atoms with Gasteiger partial charge in [-0.1, -0.05) is 18.2 Å². The molecule has 1 aliphatic rings. The Morgan fingerprint density at radius 2 is 2.09 bits per heavy atom. The number of carbonyl (C=O) groups is 2. The fraction of sp³-hybridized carbons (Fsp3) is 0.222. The van der Waals surface area contributed by atoms with Crippen molar-refractivity contribution in [2.75, 3.05) is 17.7 Å². The molecule has 5 nitrogen and oxygen atoms in total. The summed E-state index contributed by atoms with van der Waals surface area (Å²) in [5.74, 6) is 0.659. The molecule has 2 amide bonds. The highest BCUT2D eigenvalue weighted by Crippen LogP contribution is 2.24. The van der Waals surface area contributed by atoms with Gasteiger partial charge in [0.1, 0.15) is 5.75 Å². The molecule has 5 heteroatoms. The summed E-state index contributed by atoms with van der Waals surface area (Å²) in [6, 6.07) is 13.0. The summed E-state index contributed by atoms with van der Waals surface area (Å²) in [6.45, 7) is 0. The number of hydrogen-bond donors (Lipinski definition) is 2. The lowest BCUT2D eigenvalue weighted by Gasteiger charge is -2.17. The first-order valence-corrected chi connectivity index (χ1v) is 7.49. The molecule has 1 aliphatic heterocycles. The van der Waals surface area contributed by atoms with Crippen molar-refractivity contribution in [3.63, 3.8) is 0 Å². The number of rotatable bonds is 4. The Hall–Kier alpha value is -2.82. The van der Waals surface area contributed by atoms with Crippen LogP contribution in [0.25, 0.3) is 0 Å². The zero-order valence-corrected chi connectivity index (χ0v) is 12.9. The molecule has 0 fully saturated rings. The summed E-state index contributed by atoms with van der Waals surface area (Å²) in [5.41, 5.74) is 3.56. The minimum Gasteiger partial charge on any atom is -0.497 e. The number of anilines is 2. The van der Waals surface area contributed by atoms with Crippen LogP contribution in [-0.2, 0) is 22.4 Å². The quantitative estimate of drug-likeness (QED) is 0.912. The average Bonchev–Trinajstić information content (AvgIpc) is 2.55. The van der Waals surface area contributed by atoms with E-state index in [-0.39, 0.29) is 11.8 Å². The van der Waals surface area contributed by atoms with Crippen LogP contribution in [0.2, 0.25) is 0 Å². The Kier molecular flexibility index (Phi) is 4.28. The zero-order chi connectivity index (χ0) is 16.2. The number of amides is 2. The maximum atomic E-state index is 12.2. The van der Waals surface area contributed by atoms with Crippen LogP contribution in [-0.4, -0.2) is 18.9 Å². The van der Waals surface area contributed by atoms with Gasteiger partial charge in [0.25, 0.3) is 0 Å². The van der Waals surface area contributed by atoms with Gasteiger partial charge < -0.3 is 15.4 Å². The highest BCUT2D eigenvalue weighted by Gasteiger charge is 2.15. The molecule has 0 saturated carbocycles. The van der Waals surface area contributed by atoms with Crippen molar-refractivity contribution in [2.24, 2.45) is 0 Å². The molecule has 118 valence electrons. The van der Waals surface area contributed by atoms with E-state index in [4.69, 9.17) is 4.74 Å². The molecule has 0 bridgehead atoms. The first kappa shape index (κ1) is 15.1. The van der Waals surface area contributed by atoms with E-state index >= 15 is 0 Å². The van der Waals surface area contributed by atoms with Crippen molar-refractivity contribution in [2.45, 2.75) is 19.3 Å². The van der Waals surface area contributed by atoms with Crippen LogP contribution in [0.3, 0.4) is 0 Å². The maximum absolute atomic E-state index is 12.2. The number of fused-ring (bicyclic) bond motifs is 1. The normalized spacial score (nSPS) is 13.0. The third-order valence-corrected chi connectivity index (χ3v) is 3.78. The maximum Gasteiger partial charge on any atom is 0.228 e. The number of benzene rings is 2. The van der Waals surface area contributed by atoms with Gasteiger partial charge in [0.05, 0.1) is 13.5 Å². The molecule has 23 heavy (non-hydrogen) atoms. The van der Waals surface area contributed by atoms with E-state index in [9.17, 15) is 9.59 Å². The summed E-state index contributed by atoms with van der Waals surface area (Å²) < 4.78 is 5.14. The molecule has 2 aromatic rings. The average molecular weight is 310 g/mol. The molecule has 0 unspecified atom stereocenters. The van der Waals surface area contributed by atoms with Gasteiger partial charge in [0.15, 0.2) is 0 Å². The van der Waals surface area contributed by atoms with Crippen molar-refractivity contribution in [1.29, 1.82) is 0 Å². The van der Waals surface area contributed by atoms with Crippen LogP contribution < -0.4 is 15.4 Å². The van der Waals surface area contributed by atoms with Crippen LogP contribution in [0.5, 0.6) is 5.75 Å². The molecule has 0 atom stereocenters. The number of hydrogen-bond acceptors (Lipinski definition) is 3. The lowest BCUT2D eigenvalue weighted by molar-refractivity contribution is -0.117. The van der Waals surface area contributed by atoms with E-state index in [0.29, 0.717) is 30.7 Å². The smallest absolute Gasteiger partial charge is 0.228 e. The molecule has 0 aromatic heterocycles. The largest absolute Gasteiger partial charge is 0.497 e. The Labute approximate surface area is 134 Å². The molecular weight excluding hydrogens is 292 g/mol. The van der Waals surface area contributed by atoms with Gasteiger partial charge in [-0.15, -0.1) is 0 Å². The fourth-order valence-electron chi connectivity index (χ4n) is 2.64. The topological polar surface area (TPSA) is 67.4 Å². The fourth-order valence-corrected chi connectivity index (χ4v) is 2.64. The van der Waals surface area contributed by atoms with Crippen LogP contribution in [0.1, 0.15) is 17.5 Å². The first-order chi connectivity index (χ1) is 11.1. The summed E-state index contributed by atoms with van der Waals surface area (Å²) in [7, 11) is 1.59. The highest BCUT2D eigenvalue weighted by atomic mass is 16.5. The Morgan fingerprint density at radius 1 is 1.22 bits per heavy atom. The van der Waals surface area contributed by atoms with Gasteiger partial charge in [-0.3, -0.25) is 9.59 Å². The molecule has 0 saturated heterocycles. The number of ether oxygens (including phenoxy) is 1. The predicted octanol–water partition coefficient (Wildman–Crippen LogP) is 2.76. The number of methoxy groups -OCH3 is 1. The Morgan fingerprint density at radius 3 is 2.91 bits per heavy atom. The molecule has 2 N–H and O–H groups in total. The predicted molar refractivity (Wildman–Crippen MR) is 88.7 cm³/mol. The molecule has 0 radical (unpaired) electrons. The van der Waals surface area contributed by atoms with Crippen molar-refractivity contribution < 1.29 is 14.3 Å². The van der Waals surface area contributed by atoms with Gasteiger partial charge in [-0.25, -0.2) is 0 Å². The lowest BCUT2D eigenvalue weighted by Crippen LogP contribution is -2.19. The first-order valence-electron chi connectivity index (χ1n) is 7.49. The van der Waals surface area contributed by atoms with Crippen molar-refractivity contribution >= 4 is 23.2 Å². The molecule has 3 rings (SSSR count). The van der Waals surface area contributed by atoms with E-state index in [0.717, 1.165) is 16.8 Å². The van der Waals surface area contributed by atoms with E-state index < -0.39 is 0 Å². The van der Waals surface area contributed by atoms with Crippen molar-refractivity contribution in [3.05, 3.63) is 53.6 Å². The third kappa shape index (κ3) is 3.69. The molecule has 2 aromatic carbocycles. The second-order valence-electron chi connectivity index (χ2n) is 5.50. The molecule has 1 heterocycles. The second-order valence-corrected chi connectivity index (χ2v) is 5.50. The number of nitrogens with one attached hydrogen (secondary N) is 2. The standard InChI is InChI=1S/C18H18N2O3/c1-23-15-4-2-3-14(11-15)19-18(22)10-12-5-7-16-13(9-12)6-8-17(21)20-16/h2-5,7,9,11H,6,8,10H2,1H3,(H,19,22)(H,20,21). The lowest BCUT2D eigenvalue weighted by atomic mass is 9.99. The molecule has 0 spiro atoms. The van der Waals surface area contributed by atoms with E-state index in [1.807, 2.05) is 36.4 Å². The second kappa shape index (κ2) is 6.52. The van der Waals surface area contributed by atoms with Crippen molar-refractivity contribution in [1.82, 2.24) is 0 Å². The third-order valence-electron chi connectivity index (χ3n) is 3.78. The number of aryl methyl sites for hydroxylation is 1. The Bertz CT molecular complexity index is 756. The van der Waals surface area contributed by atoms with Gasteiger partial charge in [-0.2, -0.15) is 0 Å². The van der Waals surface area contributed by atoms with E-state index in [1.165, 1.54) is 0 Å². The van der Waals surface area contributed by atoms with Gasteiger partial charge in [0.2, 0.25) is 11.8 Å². The number of carbonyl (C=O) groups excluding carboxylic acids is 2. The van der Waals surface area contributed by atoms with Crippen LogP contribution in [0.15, 0.2) is 42.5 Å². The summed E-state index contributed by atoms with van der Waals surface area (Å²) >= 11 is 0. The minimum absolute atomic E-state index is 0.0426. The van der Waals surface area contributed by atoms with Crippen LogP contribution in [0.4, 0.5) is 11.4 Å². The van der Waals surface area contributed by atoms with Crippen molar-refractivity contribution in [3.8, 4) is 5.75 Å².